The third kappa shape index (κ3) is 3.57. The minimum atomic E-state index is 0.213. The zero-order valence-electron chi connectivity index (χ0n) is 12.0. The molecule has 112 valence electrons. The monoisotopic (exact) mass is 356 g/mol. The molecule has 3 rings (SSSR count). The van der Waals surface area contributed by atoms with Crippen LogP contribution < -0.4 is 5.32 Å². The van der Waals surface area contributed by atoms with Crippen molar-refractivity contribution in [2.75, 3.05) is 5.32 Å². The van der Waals surface area contributed by atoms with Crippen LogP contribution >= 0.6 is 15.9 Å². The van der Waals surface area contributed by atoms with Gasteiger partial charge in [0.2, 0.25) is 0 Å². The number of hydrogen-bond donors (Lipinski definition) is 2. The molecule has 2 N–H and O–H groups in total. The molecule has 1 heterocycles. The molecule has 22 heavy (non-hydrogen) atoms. The Morgan fingerprint density at radius 2 is 2.00 bits per heavy atom. The molecule has 0 bridgehead atoms. The van der Waals surface area contributed by atoms with Crippen molar-refractivity contribution >= 4 is 27.5 Å². The highest BCUT2D eigenvalue weighted by molar-refractivity contribution is 9.10. The number of phenols is 1. The van der Waals surface area contributed by atoms with Crippen molar-refractivity contribution in [3.63, 3.8) is 0 Å². The van der Waals surface area contributed by atoms with Gasteiger partial charge in [0.1, 0.15) is 11.6 Å². The summed E-state index contributed by atoms with van der Waals surface area (Å²) < 4.78 is 0.849. The Balaban J connectivity index is 1.78. The predicted molar refractivity (Wildman–Crippen MR) is 94.3 cm³/mol. The predicted octanol–water partition coefficient (Wildman–Crippen LogP) is 4.74. The molecule has 0 saturated carbocycles. The van der Waals surface area contributed by atoms with Gasteiger partial charge in [-0.05, 0) is 36.6 Å². The Bertz CT molecular complexity index is 710. The maximum absolute atomic E-state index is 10.0. The topological polar surface area (TPSA) is 44.6 Å². The number of amidine groups is 1. The van der Waals surface area contributed by atoms with E-state index in [2.05, 4.69) is 56.6 Å². The lowest BCUT2D eigenvalue weighted by molar-refractivity contribution is 0.477. The highest BCUT2D eigenvalue weighted by atomic mass is 79.9. The molecule has 0 aromatic heterocycles. The summed E-state index contributed by atoms with van der Waals surface area (Å²) in [5, 5.41) is 13.3. The molecule has 4 heteroatoms. The molecule has 1 aliphatic heterocycles. The summed E-state index contributed by atoms with van der Waals surface area (Å²) >= 11 is 3.35. The first-order chi connectivity index (χ1) is 10.7. The summed E-state index contributed by atoms with van der Waals surface area (Å²) in [7, 11) is 0. The van der Waals surface area contributed by atoms with Gasteiger partial charge in [-0.2, -0.15) is 0 Å². The van der Waals surface area contributed by atoms with Gasteiger partial charge in [0.15, 0.2) is 0 Å². The van der Waals surface area contributed by atoms with E-state index in [0.717, 1.165) is 23.1 Å². The highest BCUT2D eigenvalue weighted by Crippen LogP contribution is 2.28. The van der Waals surface area contributed by atoms with Crippen molar-refractivity contribution in [2.24, 2.45) is 10.9 Å². The summed E-state index contributed by atoms with van der Waals surface area (Å²) in [6, 6.07) is 15.8. The number of aromatic hydroxyl groups is 1. The summed E-state index contributed by atoms with van der Waals surface area (Å²) in [4.78, 5) is 4.47. The van der Waals surface area contributed by atoms with Crippen molar-refractivity contribution in [1.82, 2.24) is 0 Å². The largest absolute Gasteiger partial charge is 0.506 e. The summed E-state index contributed by atoms with van der Waals surface area (Å²) in [5.74, 6) is 1.39. The van der Waals surface area contributed by atoms with E-state index in [9.17, 15) is 5.11 Å². The van der Waals surface area contributed by atoms with Crippen molar-refractivity contribution in [2.45, 2.75) is 12.8 Å². The third-order valence-electron chi connectivity index (χ3n) is 3.67. The van der Waals surface area contributed by atoms with Crippen LogP contribution in [0.5, 0.6) is 5.75 Å². The molecule has 1 unspecified atom stereocenters. The van der Waals surface area contributed by atoms with Gasteiger partial charge in [-0.1, -0.05) is 52.3 Å². The molecular formula is C18H17BrN2O. The molecule has 0 saturated heterocycles. The van der Waals surface area contributed by atoms with Gasteiger partial charge in [-0.15, -0.1) is 0 Å². The molecule has 3 nitrogen and oxygen atoms in total. The molecule has 0 radical (unpaired) electrons. The smallest absolute Gasteiger partial charge is 0.140 e. The van der Waals surface area contributed by atoms with E-state index < -0.39 is 0 Å². The number of nitrogens with zero attached hydrogens (tertiary/aromatic N) is 1. The van der Waals surface area contributed by atoms with Crippen molar-refractivity contribution in [1.29, 1.82) is 0 Å². The molecular weight excluding hydrogens is 340 g/mol. The number of rotatable bonds is 3. The second kappa shape index (κ2) is 6.79. The molecule has 2 aromatic rings. The number of hydrogen-bond acceptors (Lipinski definition) is 3. The van der Waals surface area contributed by atoms with Crippen LogP contribution in [0.1, 0.15) is 12.0 Å². The van der Waals surface area contributed by atoms with Crippen LogP contribution in [0.4, 0.5) is 5.69 Å². The van der Waals surface area contributed by atoms with Crippen LogP contribution in [0.15, 0.2) is 70.3 Å². The van der Waals surface area contributed by atoms with Crippen LogP contribution in [0.3, 0.4) is 0 Å². The first kappa shape index (κ1) is 14.9. The second-order valence-corrected chi connectivity index (χ2v) is 6.22. The quantitative estimate of drug-likeness (QED) is 0.780. The van der Waals surface area contributed by atoms with E-state index in [1.807, 2.05) is 24.4 Å². The fourth-order valence-corrected chi connectivity index (χ4v) is 2.89. The van der Waals surface area contributed by atoms with Gasteiger partial charge in [-0.25, -0.2) is 4.99 Å². The average Bonchev–Trinajstić information content (AvgIpc) is 2.53. The van der Waals surface area contributed by atoms with E-state index in [4.69, 9.17) is 0 Å². The van der Waals surface area contributed by atoms with Gasteiger partial charge >= 0.3 is 0 Å². The zero-order valence-corrected chi connectivity index (χ0v) is 13.6. The molecule has 2 aromatic carbocycles. The summed E-state index contributed by atoms with van der Waals surface area (Å²) in [6.45, 7) is 0. The lowest BCUT2D eigenvalue weighted by Crippen LogP contribution is -2.26. The molecule has 1 atom stereocenters. The SMILES string of the molecule is Oc1cc(Br)ccc1NC1=NC=CCC1Cc1ccccc1. The van der Waals surface area contributed by atoms with Crippen LogP contribution in [0, 0.1) is 5.92 Å². The number of anilines is 1. The number of nitrogens with one attached hydrogen (secondary N) is 1. The molecule has 0 spiro atoms. The van der Waals surface area contributed by atoms with Gasteiger partial charge in [0.05, 0.1) is 5.69 Å². The van der Waals surface area contributed by atoms with Crippen molar-refractivity contribution < 1.29 is 5.11 Å². The molecule has 0 amide bonds. The number of benzene rings is 2. The van der Waals surface area contributed by atoms with Crippen molar-refractivity contribution in [3.8, 4) is 5.75 Å². The van der Waals surface area contributed by atoms with Gasteiger partial charge < -0.3 is 10.4 Å². The molecule has 0 aliphatic carbocycles. The number of halogens is 1. The molecule has 1 aliphatic rings. The van der Waals surface area contributed by atoms with Crippen LogP contribution in [-0.2, 0) is 6.42 Å². The third-order valence-corrected chi connectivity index (χ3v) is 4.17. The van der Waals surface area contributed by atoms with Crippen LogP contribution in [0.2, 0.25) is 0 Å². The van der Waals surface area contributed by atoms with Crippen molar-refractivity contribution in [3.05, 3.63) is 70.8 Å². The molecule has 0 fully saturated rings. The van der Waals surface area contributed by atoms with E-state index in [1.165, 1.54) is 5.56 Å². The number of allylic oxidation sites excluding steroid dienone is 1. The summed E-state index contributed by atoms with van der Waals surface area (Å²) in [5.41, 5.74) is 1.97. The normalized spacial score (nSPS) is 17.1. The van der Waals surface area contributed by atoms with Crippen LogP contribution in [0.25, 0.3) is 0 Å². The lowest BCUT2D eigenvalue weighted by atomic mass is 9.93. The standard InChI is InChI=1S/C18H17BrN2O/c19-15-8-9-16(17(22)12-15)21-18-14(7-4-10-20-18)11-13-5-2-1-3-6-13/h1-6,8-10,12,14,22H,7,11H2,(H,20,21). The van der Waals surface area contributed by atoms with Crippen LogP contribution in [-0.4, -0.2) is 10.9 Å². The maximum atomic E-state index is 10.0. The number of phenolic OH excluding ortho intramolecular Hbond substituents is 1. The minimum Gasteiger partial charge on any atom is -0.506 e. The average molecular weight is 357 g/mol. The first-order valence-electron chi connectivity index (χ1n) is 7.24. The van der Waals surface area contributed by atoms with Gasteiger partial charge in [-0.3, -0.25) is 0 Å². The fourth-order valence-electron chi connectivity index (χ4n) is 2.54. The Morgan fingerprint density at radius 1 is 1.18 bits per heavy atom. The van der Waals surface area contributed by atoms with E-state index in [-0.39, 0.29) is 11.7 Å². The Labute approximate surface area is 138 Å². The Morgan fingerprint density at radius 3 is 2.77 bits per heavy atom. The van der Waals surface area contributed by atoms with E-state index >= 15 is 0 Å². The number of aliphatic imine (C=N–C) groups is 1. The van der Waals surface area contributed by atoms with E-state index in [1.54, 1.807) is 6.07 Å². The first-order valence-corrected chi connectivity index (χ1v) is 8.04. The van der Waals surface area contributed by atoms with Gasteiger partial charge in [0.25, 0.3) is 0 Å². The zero-order chi connectivity index (χ0) is 15.4. The Kier molecular flexibility index (Phi) is 4.59. The van der Waals surface area contributed by atoms with Gasteiger partial charge in [0, 0.05) is 16.6 Å². The lowest BCUT2D eigenvalue weighted by Gasteiger charge is -2.22. The summed E-state index contributed by atoms with van der Waals surface area (Å²) in [6.07, 6.45) is 5.77. The van der Waals surface area contributed by atoms with E-state index in [0.29, 0.717) is 5.69 Å². The second-order valence-electron chi connectivity index (χ2n) is 5.31. The minimum absolute atomic E-state index is 0.213. The fraction of sp³-hybridized carbons (Fsp3) is 0.167. The Hall–Kier alpha value is -2.07. The maximum Gasteiger partial charge on any atom is 0.140 e. The highest BCUT2D eigenvalue weighted by Gasteiger charge is 2.19.